The first-order chi connectivity index (χ1) is 12.9. The zero-order chi connectivity index (χ0) is 19.6. The average Bonchev–Trinajstić information content (AvgIpc) is 2.69. The Labute approximate surface area is 162 Å². The van der Waals surface area contributed by atoms with Gasteiger partial charge < -0.3 is 10.6 Å². The van der Waals surface area contributed by atoms with Crippen molar-refractivity contribution in [3.05, 3.63) is 95.8 Å². The number of aryl methyl sites for hydroxylation is 2. The van der Waals surface area contributed by atoms with Gasteiger partial charge in [0, 0.05) is 25.5 Å². The fourth-order valence-electron chi connectivity index (χ4n) is 3.45. The topological polar surface area (TPSA) is 24.1 Å². The van der Waals surface area contributed by atoms with Gasteiger partial charge in [-0.15, -0.1) is 0 Å². The summed E-state index contributed by atoms with van der Waals surface area (Å²) in [6, 6.07) is 19.9. The monoisotopic (exact) mass is 356 g/mol. The van der Waals surface area contributed by atoms with Gasteiger partial charge in [0.05, 0.1) is 5.92 Å². The molecule has 0 saturated carbocycles. The molecule has 3 rings (SSSR count). The van der Waals surface area contributed by atoms with Crippen molar-refractivity contribution in [2.45, 2.75) is 19.8 Å². The van der Waals surface area contributed by atoms with Crippen LogP contribution in [-0.4, -0.2) is 14.1 Å². The molecular formula is C25H28N2. The lowest BCUT2D eigenvalue weighted by Crippen LogP contribution is -2.21. The summed E-state index contributed by atoms with van der Waals surface area (Å²) < 4.78 is 0. The van der Waals surface area contributed by atoms with Crippen LogP contribution in [0.3, 0.4) is 0 Å². The molecule has 3 aromatic carbocycles. The minimum atomic E-state index is 0.0313. The van der Waals surface area contributed by atoms with E-state index in [4.69, 9.17) is 0 Å². The summed E-state index contributed by atoms with van der Waals surface area (Å²) >= 11 is 0. The van der Waals surface area contributed by atoms with Gasteiger partial charge in [-0.1, -0.05) is 61.7 Å². The lowest BCUT2D eigenvalue weighted by atomic mass is 9.90. The highest BCUT2D eigenvalue weighted by Gasteiger charge is 2.17. The van der Waals surface area contributed by atoms with Crippen molar-refractivity contribution in [2.24, 2.45) is 0 Å². The van der Waals surface area contributed by atoms with Crippen LogP contribution in [0.15, 0.2) is 79.1 Å². The van der Waals surface area contributed by atoms with Crippen molar-refractivity contribution >= 4 is 10.8 Å². The van der Waals surface area contributed by atoms with Crippen molar-refractivity contribution in [3.8, 4) is 11.1 Å². The van der Waals surface area contributed by atoms with Gasteiger partial charge in [-0.05, 0) is 58.5 Å². The highest BCUT2D eigenvalue weighted by molar-refractivity contribution is 5.88. The molecule has 0 radical (unpaired) electrons. The maximum Gasteiger partial charge on any atom is 0.0622 e. The van der Waals surface area contributed by atoms with Gasteiger partial charge in [0.25, 0.3) is 0 Å². The minimum Gasteiger partial charge on any atom is -0.391 e. The molecule has 0 aliphatic heterocycles. The van der Waals surface area contributed by atoms with E-state index in [1.54, 1.807) is 0 Å². The third-order valence-corrected chi connectivity index (χ3v) is 5.38. The van der Waals surface area contributed by atoms with E-state index in [1.165, 1.54) is 38.6 Å². The van der Waals surface area contributed by atoms with Crippen LogP contribution in [0.4, 0.5) is 0 Å². The van der Waals surface area contributed by atoms with Crippen molar-refractivity contribution in [1.29, 1.82) is 0 Å². The number of hydrogen-bond acceptors (Lipinski definition) is 2. The van der Waals surface area contributed by atoms with E-state index < -0.39 is 0 Å². The molecule has 0 unspecified atom stereocenters. The van der Waals surface area contributed by atoms with E-state index in [0.717, 1.165) is 11.4 Å². The molecule has 0 aliphatic rings. The third-order valence-electron chi connectivity index (χ3n) is 5.38. The first-order valence-corrected chi connectivity index (χ1v) is 9.29. The van der Waals surface area contributed by atoms with Crippen LogP contribution in [0.1, 0.15) is 22.6 Å². The fraction of sp³-hybridized carbons (Fsp3) is 0.200. The molecular weight excluding hydrogens is 328 g/mol. The SMILES string of the molecule is C=C(NC)C(C(=C)NC)c1ccc2cc(-c3ccc(C)c(C)c3)ccc2c1. The van der Waals surface area contributed by atoms with Crippen molar-refractivity contribution in [2.75, 3.05) is 14.1 Å². The van der Waals surface area contributed by atoms with Crippen LogP contribution < -0.4 is 10.6 Å². The summed E-state index contributed by atoms with van der Waals surface area (Å²) in [5.74, 6) is 0.0313. The second-order valence-electron chi connectivity index (χ2n) is 7.10. The molecule has 0 saturated heterocycles. The van der Waals surface area contributed by atoms with Crippen molar-refractivity contribution in [3.63, 3.8) is 0 Å². The highest BCUT2D eigenvalue weighted by atomic mass is 14.9. The van der Waals surface area contributed by atoms with Crippen LogP contribution >= 0.6 is 0 Å². The molecule has 0 heterocycles. The van der Waals surface area contributed by atoms with Gasteiger partial charge in [0.15, 0.2) is 0 Å². The van der Waals surface area contributed by atoms with Crippen molar-refractivity contribution < 1.29 is 0 Å². The van der Waals surface area contributed by atoms with Gasteiger partial charge in [0.1, 0.15) is 0 Å². The standard InChI is InChI=1S/C25H28N2/c1-16-7-8-20(13-17(16)2)21-9-10-23-15-24(12-11-22(23)14-21)25(18(3)26-5)19(4)27-6/h7-15,25-27H,3-4H2,1-2,5-6H3. The van der Waals surface area contributed by atoms with E-state index in [1.807, 2.05) is 14.1 Å². The summed E-state index contributed by atoms with van der Waals surface area (Å²) in [4.78, 5) is 0. The molecule has 0 fully saturated rings. The zero-order valence-corrected chi connectivity index (χ0v) is 16.7. The molecule has 2 heteroatoms. The molecule has 0 amide bonds. The predicted molar refractivity (Wildman–Crippen MR) is 118 cm³/mol. The van der Waals surface area contributed by atoms with E-state index in [2.05, 4.69) is 92.2 Å². The van der Waals surface area contributed by atoms with Gasteiger partial charge >= 0.3 is 0 Å². The summed E-state index contributed by atoms with van der Waals surface area (Å²) in [6.45, 7) is 12.6. The van der Waals surface area contributed by atoms with E-state index >= 15 is 0 Å². The molecule has 0 bridgehead atoms. The molecule has 2 N–H and O–H groups in total. The molecule has 0 aromatic heterocycles. The highest BCUT2D eigenvalue weighted by Crippen LogP contribution is 2.31. The number of fused-ring (bicyclic) bond motifs is 1. The molecule has 0 aliphatic carbocycles. The maximum atomic E-state index is 4.16. The smallest absolute Gasteiger partial charge is 0.0622 e. The Kier molecular flexibility index (Phi) is 5.36. The molecule has 0 atom stereocenters. The lowest BCUT2D eigenvalue weighted by molar-refractivity contribution is 0.763. The number of benzene rings is 3. The Morgan fingerprint density at radius 2 is 1.26 bits per heavy atom. The minimum absolute atomic E-state index is 0.0313. The average molecular weight is 357 g/mol. The molecule has 3 aromatic rings. The molecule has 0 spiro atoms. The van der Waals surface area contributed by atoms with E-state index in [0.29, 0.717) is 0 Å². The first kappa shape index (κ1) is 18.8. The van der Waals surface area contributed by atoms with Gasteiger partial charge in [-0.3, -0.25) is 0 Å². The van der Waals surface area contributed by atoms with E-state index in [-0.39, 0.29) is 5.92 Å². The van der Waals surface area contributed by atoms with Crippen LogP contribution in [-0.2, 0) is 0 Å². The van der Waals surface area contributed by atoms with Gasteiger partial charge in [0.2, 0.25) is 0 Å². The molecule has 2 nitrogen and oxygen atoms in total. The number of hydrogen-bond donors (Lipinski definition) is 2. The predicted octanol–water partition coefficient (Wildman–Crippen LogP) is 5.67. The summed E-state index contributed by atoms with van der Waals surface area (Å²) in [5.41, 5.74) is 8.19. The number of nitrogens with one attached hydrogen (secondary N) is 2. The normalized spacial score (nSPS) is 10.9. The Balaban J connectivity index is 2.03. The molecule has 27 heavy (non-hydrogen) atoms. The van der Waals surface area contributed by atoms with Crippen molar-refractivity contribution in [1.82, 2.24) is 10.6 Å². The summed E-state index contributed by atoms with van der Waals surface area (Å²) in [5, 5.41) is 8.80. The zero-order valence-electron chi connectivity index (χ0n) is 16.7. The molecule has 138 valence electrons. The number of rotatable bonds is 6. The summed E-state index contributed by atoms with van der Waals surface area (Å²) in [7, 11) is 3.80. The Morgan fingerprint density at radius 1 is 0.704 bits per heavy atom. The Bertz CT molecular complexity index is 998. The van der Waals surface area contributed by atoms with E-state index in [9.17, 15) is 0 Å². The Hall–Kier alpha value is -3.00. The van der Waals surface area contributed by atoms with Crippen LogP contribution in [0, 0.1) is 13.8 Å². The lowest BCUT2D eigenvalue weighted by Gasteiger charge is -2.22. The third kappa shape index (κ3) is 3.75. The second-order valence-corrected chi connectivity index (χ2v) is 7.10. The second kappa shape index (κ2) is 7.71. The van der Waals surface area contributed by atoms with Crippen LogP contribution in [0.25, 0.3) is 21.9 Å². The van der Waals surface area contributed by atoms with Crippen LogP contribution in [0.5, 0.6) is 0 Å². The van der Waals surface area contributed by atoms with Crippen LogP contribution in [0.2, 0.25) is 0 Å². The fourth-order valence-corrected chi connectivity index (χ4v) is 3.45. The number of likely N-dealkylation sites (N-methyl/N-ethyl adjacent to an activating group) is 2. The maximum absolute atomic E-state index is 4.16. The quantitative estimate of drug-likeness (QED) is 0.594. The largest absolute Gasteiger partial charge is 0.391 e. The summed E-state index contributed by atoms with van der Waals surface area (Å²) in [6.07, 6.45) is 0. The van der Waals surface area contributed by atoms with Gasteiger partial charge in [-0.2, -0.15) is 0 Å². The van der Waals surface area contributed by atoms with Gasteiger partial charge in [-0.25, -0.2) is 0 Å². The first-order valence-electron chi connectivity index (χ1n) is 9.29. The Morgan fingerprint density at radius 3 is 1.89 bits per heavy atom.